The molecule has 0 aromatic heterocycles. The van der Waals surface area contributed by atoms with Gasteiger partial charge in [0.25, 0.3) is 0 Å². The minimum atomic E-state index is -1.05. The Morgan fingerprint density at radius 2 is 1.58 bits per heavy atom. The van der Waals surface area contributed by atoms with Gasteiger partial charge in [-0.15, -0.1) is 0 Å². The maximum atomic E-state index is 12.2. The van der Waals surface area contributed by atoms with Gasteiger partial charge in [0.1, 0.15) is 0 Å². The van der Waals surface area contributed by atoms with Crippen LogP contribution in [0.1, 0.15) is 72.1 Å². The van der Waals surface area contributed by atoms with Crippen LogP contribution < -0.4 is 10.6 Å². The van der Waals surface area contributed by atoms with Gasteiger partial charge in [-0.2, -0.15) is 0 Å². The van der Waals surface area contributed by atoms with Crippen LogP contribution in [0.4, 0.5) is 0 Å². The van der Waals surface area contributed by atoms with E-state index in [4.69, 9.17) is 0 Å². The van der Waals surface area contributed by atoms with Crippen LogP contribution >= 0.6 is 0 Å². The summed E-state index contributed by atoms with van der Waals surface area (Å²) in [5, 5.41) is 25.9. The molecule has 0 spiro atoms. The fourth-order valence-corrected chi connectivity index (χ4v) is 3.22. The minimum absolute atomic E-state index is 0.0787. The van der Waals surface area contributed by atoms with Crippen molar-refractivity contribution in [2.24, 2.45) is 5.92 Å². The predicted octanol–water partition coefficient (Wildman–Crippen LogP) is 4.06. The Labute approximate surface area is 228 Å². The maximum Gasteiger partial charge on any atom is 0.330 e. The molecule has 0 saturated carbocycles. The highest BCUT2D eigenvalue weighted by molar-refractivity contribution is 5.82. The number of carbonyl (C=O) groups excluding carboxylic acids is 3. The third kappa shape index (κ3) is 19.2. The van der Waals surface area contributed by atoms with Crippen LogP contribution in [-0.4, -0.2) is 60.4 Å². The summed E-state index contributed by atoms with van der Waals surface area (Å²) in [6, 6.07) is 0. The normalized spacial score (nSPS) is 14.8. The first-order chi connectivity index (χ1) is 18.2. The Morgan fingerprint density at radius 3 is 2.29 bits per heavy atom. The number of allylic oxidation sites excluding steroid dienone is 7. The third-order valence-corrected chi connectivity index (χ3v) is 5.89. The van der Waals surface area contributed by atoms with E-state index < -0.39 is 30.0 Å². The minimum Gasteiger partial charge on any atom is -0.466 e. The molecule has 0 aromatic rings. The molecule has 8 heteroatoms. The molecule has 0 aromatic carbocycles. The number of methoxy groups -OCH3 is 1. The molecule has 214 valence electrons. The second kappa shape index (κ2) is 23.2. The smallest absolute Gasteiger partial charge is 0.330 e. The molecule has 0 aliphatic rings. The van der Waals surface area contributed by atoms with Crippen molar-refractivity contribution in [2.75, 3.05) is 20.2 Å². The highest BCUT2D eigenvalue weighted by Gasteiger charge is 2.22. The SMILES string of the molecule is CCCCCCC/C=C/C=C(\C)[C@H](O)CC(=O)NC[C@H](O)[C@H](C)C(=O)NCC/C=C/C=C/C=C/C(=O)OC. The number of amides is 2. The summed E-state index contributed by atoms with van der Waals surface area (Å²) >= 11 is 0. The van der Waals surface area contributed by atoms with Gasteiger partial charge in [0.05, 0.1) is 31.7 Å². The zero-order chi connectivity index (χ0) is 28.6. The largest absolute Gasteiger partial charge is 0.466 e. The van der Waals surface area contributed by atoms with Crippen molar-refractivity contribution in [3.8, 4) is 0 Å². The Bertz CT molecular complexity index is 829. The highest BCUT2D eigenvalue weighted by Crippen LogP contribution is 2.09. The van der Waals surface area contributed by atoms with Gasteiger partial charge in [-0.3, -0.25) is 9.59 Å². The van der Waals surface area contributed by atoms with Gasteiger partial charge < -0.3 is 25.6 Å². The standard InChI is InChI=1S/C30H48N2O6/c1-5-6-7-8-9-10-13-16-19-24(2)26(33)22-28(35)32-23-27(34)25(3)30(37)31-21-18-15-12-11-14-17-20-29(36)38-4/h11-17,19-20,25-27,33-34H,5-10,18,21-23H2,1-4H3,(H,31,37)(H,32,35)/b14-11+,15-12+,16-13+,20-17+,24-19+/t25-,26+,27-/m0/s1. The summed E-state index contributed by atoms with van der Waals surface area (Å²) in [6.07, 6.45) is 21.4. The van der Waals surface area contributed by atoms with Gasteiger partial charge in [0.15, 0.2) is 0 Å². The lowest BCUT2D eigenvalue weighted by molar-refractivity contribution is -0.134. The van der Waals surface area contributed by atoms with Crippen molar-refractivity contribution in [3.05, 3.63) is 60.3 Å². The quantitative estimate of drug-likeness (QED) is 0.0811. The monoisotopic (exact) mass is 532 g/mol. The lowest BCUT2D eigenvalue weighted by Crippen LogP contribution is -2.42. The molecule has 3 atom stereocenters. The summed E-state index contributed by atoms with van der Waals surface area (Å²) < 4.78 is 4.48. The van der Waals surface area contributed by atoms with E-state index in [2.05, 4.69) is 28.4 Å². The second-order valence-corrected chi connectivity index (χ2v) is 9.20. The molecule has 4 N–H and O–H groups in total. The number of aliphatic hydroxyl groups is 2. The number of unbranched alkanes of at least 4 members (excludes halogenated alkanes) is 5. The van der Waals surface area contributed by atoms with E-state index in [1.54, 1.807) is 38.2 Å². The van der Waals surface area contributed by atoms with Crippen molar-refractivity contribution in [1.82, 2.24) is 10.6 Å². The average molecular weight is 533 g/mol. The molecule has 0 heterocycles. The summed E-state index contributed by atoms with van der Waals surface area (Å²) in [5.41, 5.74) is 0.692. The summed E-state index contributed by atoms with van der Waals surface area (Å²) in [5.74, 6) is -1.84. The lowest BCUT2D eigenvalue weighted by atomic mass is 10.0. The number of ether oxygens (including phenoxy) is 1. The Balaban J connectivity index is 4.20. The number of rotatable bonds is 20. The molecule has 2 amide bonds. The number of esters is 1. The van der Waals surface area contributed by atoms with Crippen LogP contribution in [0.3, 0.4) is 0 Å². The van der Waals surface area contributed by atoms with E-state index in [-0.39, 0.29) is 18.9 Å². The lowest BCUT2D eigenvalue weighted by Gasteiger charge is -2.19. The number of hydrogen-bond donors (Lipinski definition) is 4. The molecule has 0 saturated heterocycles. The molecule has 0 unspecified atom stereocenters. The Kier molecular flexibility index (Phi) is 21.4. The van der Waals surface area contributed by atoms with Crippen molar-refractivity contribution in [1.29, 1.82) is 0 Å². The van der Waals surface area contributed by atoms with Crippen molar-refractivity contribution >= 4 is 17.8 Å². The van der Waals surface area contributed by atoms with Gasteiger partial charge in [0.2, 0.25) is 11.8 Å². The first kappa shape index (κ1) is 35.0. The van der Waals surface area contributed by atoms with Crippen LogP contribution in [0.5, 0.6) is 0 Å². The predicted molar refractivity (Wildman–Crippen MR) is 152 cm³/mol. The van der Waals surface area contributed by atoms with Gasteiger partial charge >= 0.3 is 5.97 Å². The molecule has 8 nitrogen and oxygen atoms in total. The molecule has 0 fully saturated rings. The first-order valence-corrected chi connectivity index (χ1v) is 13.5. The van der Waals surface area contributed by atoms with E-state index in [0.717, 1.165) is 12.8 Å². The average Bonchev–Trinajstić information content (AvgIpc) is 2.91. The van der Waals surface area contributed by atoms with Crippen LogP contribution in [0, 0.1) is 5.92 Å². The molecule has 0 rings (SSSR count). The zero-order valence-electron chi connectivity index (χ0n) is 23.5. The van der Waals surface area contributed by atoms with Crippen LogP contribution in [-0.2, 0) is 19.1 Å². The fraction of sp³-hybridized carbons (Fsp3) is 0.567. The van der Waals surface area contributed by atoms with E-state index in [1.165, 1.54) is 38.9 Å². The molecular weight excluding hydrogens is 484 g/mol. The number of nitrogens with one attached hydrogen (secondary N) is 2. The van der Waals surface area contributed by atoms with Crippen LogP contribution in [0.15, 0.2) is 60.3 Å². The third-order valence-electron chi connectivity index (χ3n) is 5.89. The molecule has 0 aliphatic heterocycles. The molecular formula is C30H48N2O6. The summed E-state index contributed by atoms with van der Waals surface area (Å²) in [7, 11) is 1.31. The topological polar surface area (TPSA) is 125 Å². The van der Waals surface area contributed by atoms with Gasteiger partial charge in [-0.25, -0.2) is 4.79 Å². The van der Waals surface area contributed by atoms with E-state index in [1.807, 2.05) is 18.2 Å². The van der Waals surface area contributed by atoms with Crippen molar-refractivity contribution in [2.45, 2.75) is 84.3 Å². The molecule has 0 bridgehead atoms. The number of hydrogen-bond acceptors (Lipinski definition) is 6. The maximum absolute atomic E-state index is 12.2. The molecule has 0 radical (unpaired) electrons. The number of aliphatic hydroxyl groups excluding tert-OH is 2. The van der Waals surface area contributed by atoms with E-state index in [9.17, 15) is 24.6 Å². The Morgan fingerprint density at radius 1 is 0.895 bits per heavy atom. The molecule has 0 aliphatic carbocycles. The summed E-state index contributed by atoms with van der Waals surface area (Å²) in [4.78, 5) is 35.3. The van der Waals surface area contributed by atoms with Crippen LogP contribution in [0.2, 0.25) is 0 Å². The Hall–Kier alpha value is -2.97. The number of carbonyl (C=O) groups is 3. The van der Waals surface area contributed by atoms with Gasteiger partial charge in [-0.05, 0) is 31.8 Å². The molecule has 38 heavy (non-hydrogen) atoms. The summed E-state index contributed by atoms with van der Waals surface area (Å²) in [6.45, 7) is 5.89. The van der Waals surface area contributed by atoms with Crippen molar-refractivity contribution < 1.29 is 29.3 Å². The zero-order valence-corrected chi connectivity index (χ0v) is 23.5. The highest BCUT2D eigenvalue weighted by atomic mass is 16.5. The van der Waals surface area contributed by atoms with Crippen molar-refractivity contribution in [3.63, 3.8) is 0 Å². The van der Waals surface area contributed by atoms with Gasteiger partial charge in [0, 0.05) is 19.2 Å². The van der Waals surface area contributed by atoms with E-state index in [0.29, 0.717) is 18.5 Å². The van der Waals surface area contributed by atoms with Gasteiger partial charge in [-0.1, -0.05) is 88.1 Å². The second-order valence-electron chi connectivity index (χ2n) is 9.20. The van der Waals surface area contributed by atoms with E-state index >= 15 is 0 Å². The fourth-order valence-electron chi connectivity index (χ4n) is 3.22. The first-order valence-electron chi connectivity index (χ1n) is 13.5. The van der Waals surface area contributed by atoms with Crippen LogP contribution in [0.25, 0.3) is 0 Å².